The number of fused-ring (bicyclic) bond motifs is 1. The number of carbonyl (C=O) groups excluding carboxylic acids is 1. The van der Waals surface area contributed by atoms with Gasteiger partial charge in [0.2, 0.25) is 5.91 Å². The van der Waals surface area contributed by atoms with Crippen molar-refractivity contribution in [3.05, 3.63) is 23.8 Å². The second-order valence-electron chi connectivity index (χ2n) is 4.29. The molecule has 0 saturated heterocycles. The Bertz CT molecular complexity index is 466. The average Bonchev–Trinajstić information content (AvgIpc) is 2.59. The van der Waals surface area contributed by atoms with Crippen LogP contribution < -0.4 is 14.8 Å². The molecule has 1 aromatic rings. The largest absolute Gasteiger partial charge is 0.497 e. The molecule has 0 unspecified atom stereocenters. The van der Waals surface area contributed by atoms with Crippen LogP contribution in [-0.4, -0.2) is 36.7 Å². The predicted molar refractivity (Wildman–Crippen MR) is 70.7 cm³/mol. The maximum atomic E-state index is 11.4. The Labute approximate surface area is 116 Å². The zero-order valence-corrected chi connectivity index (χ0v) is 11.3. The number of nitrogens with one attached hydrogen (secondary N) is 1. The van der Waals surface area contributed by atoms with Gasteiger partial charge < -0.3 is 19.9 Å². The van der Waals surface area contributed by atoms with Crippen LogP contribution in [0.15, 0.2) is 18.2 Å². The number of aliphatic hydroxyl groups excluding tert-OH is 1. The van der Waals surface area contributed by atoms with Crippen LogP contribution >= 0.6 is 11.6 Å². The van der Waals surface area contributed by atoms with E-state index < -0.39 is 12.1 Å². The first kappa shape index (κ1) is 14.0. The molecular formula is C13H16ClNO4. The van der Waals surface area contributed by atoms with Crippen molar-refractivity contribution >= 4 is 17.5 Å². The van der Waals surface area contributed by atoms with Gasteiger partial charge in [0.15, 0.2) is 0 Å². The summed E-state index contributed by atoms with van der Waals surface area (Å²) in [6.45, 7) is 0.420. The van der Waals surface area contributed by atoms with Gasteiger partial charge in [-0.05, 0) is 18.2 Å². The first-order chi connectivity index (χ1) is 9.15. The molecule has 0 aliphatic carbocycles. The molecule has 1 aromatic carbocycles. The van der Waals surface area contributed by atoms with Crippen molar-refractivity contribution in [3.63, 3.8) is 0 Å². The summed E-state index contributed by atoms with van der Waals surface area (Å²) in [7, 11) is 1.55. The van der Waals surface area contributed by atoms with Crippen molar-refractivity contribution in [2.24, 2.45) is 0 Å². The molecule has 1 heterocycles. The molecule has 0 spiro atoms. The van der Waals surface area contributed by atoms with Crippen molar-refractivity contribution in [1.29, 1.82) is 0 Å². The smallest absolute Gasteiger partial charge is 0.235 e. The van der Waals surface area contributed by atoms with Crippen molar-refractivity contribution < 1.29 is 19.4 Å². The standard InChI is InChI=1S/C13H16ClNO4/c1-18-8-2-3-11-9(6-8)13(17)10(4-5-19-11)15-12(16)7-14/h2-3,6,10,13,17H,4-5,7H2,1H3,(H,15,16)/t10-,13-/m1/s1. The highest BCUT2D eigenvalue weighted by Crippen LogP contribution is 2.34. The molecule has 0 radical (unpaired) electrons. The van der Waals surface area contributed by atoms with Gasteiger partial charge in [-0.25, -0.2) is 0 Å². The molecule has 2 atom stereocenters. The van der Waals surface area contributed by atoms with Crippen LogP contribution in [0.1, 0.15) is 18.1 Å². The van der Waals surface area contributed by atoms with Gasteiger partial charge in [0.25, 0.3) is 0 Å². The van der Waals surface area contributed by atoms with E-state index in [4.69, 9.17) is 21.1 Å². The second-order valence-corrected chi connectivity index (χ2v) is 4.56. The van der Waals surface area contributed by atoms with Gasteiger partial charge in [0.05, 0.1) is 19.8 Å². The third-order valence-corrected chi connectivity index (χ3v) is 3.31. The molecule has 0 aromatic heterocycles. The Hall–Kier alpha value is -1.46. The van der Waals surface area contributed by atoms with Gasteiger partial charge >= 0.3 is 0 Å². The second kappa shape index (κ2) is 6.12. The fourth-order valence-electron chi connectivity index (χ4n) is 2.08. The van der Waals surface area contributed by atoms with Crippen molar-refractivity contribution in [1.82, 2.24) is 5.32 Å². The summed E-state index contributed by atoms with van der Waals surface area (Å²) in [4.78, 5) is 11.4. The number of aliphatic hydroxyl groups is 1. The normalized spacial score (nSPS) is 21.8. The molecule has 2 rings (SSSR count). The van der Waals surface area contributed by atoms with Crippen LogP contribution in [0, 0.1) is 0 Å². The number of benzene rings is 1. The van der Waals surface area contributed by atoms with Crippen molar-refractivity contribution in [2.45, 2.75) is 18.6 Å². The minimum Gasteiger partial charge on any atom is -0.497 e. The Kier molecular flexibility index (Phi) is 4.50. The SMILES string of the molecule is COc1ccc2c(c1)[C@@H](O)[C@H](NC(=O)CCl)CCO2. The van der Waals surface area contributed by atoms with Gasteiger partial charge in [-0.2, -0.15) is 0 Å². The molecule has 1 aliphatic rings. The first-order valence-corrected chi connectivity index (χ1v) is 6.53. The summed E-state index contributed by atoms with van der Waals surface area (Å²) in [6.07, 6.45) is -0.333. The molecule has 0 fully saturated rings. The van der Waals surface area contributed by atoms with E-state index in [9.17, 15) is 9.90 Å². The van der Waals surface area contributed by atoms with E-state index in [-0.39, 0.29) is 11.8 Å². The zero-order valence-electron chi connectivity index (χ0n) is 10.6. The van der Waals surface area contributed by atoms with E-state index in [1.807, 2.05) is 0 Å². The molecule has 1 amide bonds. The van der Waals surface area contributed by atoms with Crippen LogP contribution in [0.25, 0.3) is 0 Å². The van der Waals surface area contributed by atoms with Crippen LogP contribution in [0.2, 0.25) is 0 Å². The van der Waals surface area contributed by atoms with E-state index in [1.54, 1.807) is 25.3 Å². The third-order valence-electron chi connectivity index (χ3n) is 3.07. The Balaban J connectivity index is 2.26. The number of hydrogen-bond donors (Lipinski definition) is 2. The summed E-state index contributed by atoms with van der Waals surface area (Å²) >= 11 is 5.46. The minimum atomic E-state index is -0.847. The molecule has 19 heavy (non-hydrogen) atoms. The quantitative estimate of drug-likeness (QED) is 0.820. The lowest BCUT2D eigenvalue weighted by Crippen LogP contribution is -2.40. The predicted octanol–water partition coefficient (Wildman–Crippen LogP) is 1.23. The number of amides is 1. The molecule has 1 aliphatic heterocycles. The fraction of sp³-hybridized carbons (Fsp3) is 0.462. The van der Waals surface area contributed by atoms with E-state index in [0.29, 0.717) is 30.1 Å². The Morgan fingerprint density at radius 3 is 3.11 bits per heavy atom. The lowest BCUT2D eigenvalue weighted by atomic mass is 10.00. The van der Waals surface area contributed by atoms with E-state index in [1.165, 1.54) is 0 Å². The lowest BCUT2D eigenvalue weighted by molar-refractivity contribution is -0.120. The van der Waals surface area contributed by atoms with Gasteiger partial charge in [-0.1, -0.05) is 0 Å². The Morgan fingerprint density at radius 2 is 2.42 bits per heavy atom. The molecule has 0 bridgehead atoms. The van der Waals surface area contributed by atoms with Crippen LogP contribution in [0.3, 0.4) is 0 Å². The number of methoxy groups -OCH3 is 1. The molecule has 104 valence electrons. The van der Waals surface area contributed by atoms with Gasteiger partial charge in [-0.3, -0.25) is 4.79 Å². The summed E-state index contributed by atoms with van der Waals surface area (Å²) in [5.74, 6) is 0.799. The number of hydrogen-bond acceptors (Lipinski definition) is 4. The van der Waals surface area contributed by atoms with Crippen LogP contribution in [0.4, 0.5) is 0 Å². The third kappa shape index (κ3) is 3.11. The van der Waals surface area contributed by atoms with Gasteiger partial charge in [0.1, 0.15) is 23.5 Å². The number of ether oxygens (including phenoxy) is 2. The average molecular weight is 286 g/mol. The monoisotopic (exact) mass is 285 g/mol. The molecule has 6 heteroatoms. The van der Waals surface area contributed by atoms with Gasteiger partial charge in [-0.15, -0.1) is 11.6 Å². The summed E-state index contributed by atoms with van der Waals surface area (Å²) in [5, 5.41) is 13.1. The highest BCUT2D eigenvalue weighted by Gasteiger charge is 2.28. The molecule has 2 N–H and O–H groups in total. The van der Waals surface area contributed by atoms with Crippen LogP contribution in [0.5, 0.6) is 11.5 Å². The molecule has 5 nitrogen and oxygen atoms in total. The highest BCUT2D eigenvalue weighted by atomic mass is 35.5. The number of halogens is 1. The summed E-state index contributed by atoms with van der Waals surface area (Å²) < 4.78 is 10.7. The Morgan fingerprint density at radius 1 is 1.63 bits per heavy atom. The van der Waals surface area contributed by atoms with Gasteiger partial charge in [0, 0.05) is 12.0 Å². The topological polar surface area (TPSA) is 67.8 Å². The summed E-state index contributed by atoms with van der Waals surface area (Å²) in [6, 6.07) is 4.82. The van der Waals surface area contributed by atoms with E-state index in [0.717, 1.165) is 0 Å². The zero-order chi connectivity index (χ0) is 13.8. The lowest BCUT2D eigenvalue weighted by Gasteiger charge is -2.21. The van der Waals surface area contributed by atoms with Crippen molar-refractivity contribution in [3.8, 4) is 11.5 Å². The van der Waals surface area contributed by atoms with Crippen LogP contribution in [-0.2, 0) is 4.79 Å². The highest BCUT2D eigenvalue weighted by molar-refractivity contribution is 6.27. The number of alkyl halides is 1. The van der Waals surface area contributed by atoms with Crippen molar-refractivity contribution in [2.75, 3.05) is 19.6 Å². The number of rotatable bonds is 3. The molecular weight excluding hydrogens is 270 g/mol. The summed E-state index contributed by atoms with van der Waals surface area (Å²) in [5.41, 5.74) is 0.608. The van der Waals surface area contributed by atoms with E-state index in [2.05, 4.69) is 5.32 Å². The van der Waals surface area contributed by atoms with E-state index >= 15 is 0 Å². The minimum absolute atomic E-state index is 0.130. The molecule has 0 saturated carbocycles. The maximum Gasteiger partial charge on any atom is 0.235 e. The maximum absolute atomic E-state index is 11.4. The number of carbonyl (C=O) groups is 1. The first-order valence-electron chi connectivity index (χ1n) is 6.00. The fourth-order valence-corrected chi connectivity index (χ4v) is 2.16.